The number of pyridine rings is 1. The molecule has 98 valence electrons. The first-order valence-corrected chi connectivity index (χ1v) is 6.68. The molecule has 2 aromatic rings. The van der Waals surface area contributed by atoms with Crippen molar-refractivity contribution >= 4 is 44.9 Å². The standard InChI is InChI=1S/C13H11BrClN3O/c1-16-12-4-2-3-11(17-12)13(19)18-10-6-5-8(15)7-9(10)14/h2-7H,1H3,(H,16,17)(H,18,19). The highest BCUT2D eigenvalue weighted by Crippen LogP contribution is 2.26. The summed E-state index contributed by atoms with van der Waals surface area (Å²) in [6.45, 7) is 0. The second kappa shape index (κ2) is 6.04. The van der Waals surface area contributed by atoms with Crippen LogP contribution in [0, 0.1) is 0 Å². The zero-order chi connectivity index (χ0) is 13.8. The summed E-state index contributed by atoms with van der Waals surface area (Å²) >= 11 is 9.19. The van der Waals surface area contributed by atoms with Crippen LogP contribution in [0.2, 0.25) is 5.02 Å². The molecular formula is C13H11BrClN3O. The van der Waals surface area contributed by atoms with E-state index in [1.165, 1.54) is 0 Å². The van der Waals surface area contributed by atoms with Gasteiger partial charge in [-0.05, 0) is 46.3 Å². The van der Waals surface area contributed by atoms with Gasteiger partial charge in [-0.1, -0.05) is 17.7 Å². The molecule has 19 heavy (non-hydrogen) atoms. The van der Waals surface area contributed by atoms with Crippen molar-refractivity contribution < 1.29 is 4.79 Å². The van der Waals surface area contributed by atoms with Crippen molar-refractivity contribution in [3.05, 3.63) is 51.6 Å². The number of rotatable bonds is 3. The summed E-state index contributed by atoms with van der Waals surface area (Å²) in [7, 11) is 1.75. The molecule has 0 spiro atoms. The van der Waals surface area contributed by atoms with Gasteiger partial charge in [-0.25, -0.2) is 4.98 Å². The second-order valence-corrected chi connectivity index (χ2v) is 5.03. The van der Waals surface area contributed by atoms with Crippen LogP contribution in [0.1, 0.15) is 10.5 Å². The zero-order valence-corrected chi connectivity index (χ0v) is 12.4. The minimum atomic E-state index is -0.278. The van der Waals surface area contributed by atoms with E-state index in [1.54, 1.807) is 43.4 Å². The molecule has 0 saturated carbocycles. The van der Waals surface area contributed by atoms with E-state index >= 15 is 0 Å². The smallest absolute Gasteiger partial charge is 0.274 e. The number of carbonyl (C=O) groups excluding carboxylic acids is 1. The fraction of sp³-hybridized carbons (Fsp3) is 0.0769. The maximum Gasteiger partial charge on any atom is 0.274 e. The monoisotopic (exact) mass is 339 g/mol. The number of hydrogen-bond donors (Lipinski definition) is 2. The van der Waals surface area contributed by atoms with Crippen LogP contribution in [0.3, 0.4) is 0 Å². The molecular weight excluding hydrogens is 330 g/mol. The van der Waals surface area contributed by atoms with E-state index in [-0.39, 0.29) is 5.91 Å². The highest BCUT2D eigenvalue weighted by molar-refractivity contribution is 9.10. The largest absolute Gasteiger partial charge is 0.373 e. The Balaban J connectivity index is 2.20. The Bertz CT molecular complexity index is 619. The molecule has 2 rings (SSSR count). The van der Waals surface area contributed by atoms with Crippen molar-refractivity contribution in [1.29, 1.82) is 0 Å². The van der Waals surface area contributed by atoms with Crippen molar-refractivity contribution in [1.82, 2.24) is 4.98 Å². The quantitative estimate of drug-likeness (QED) is 0.894. The Morgan fingerprint density at radius 3 is 2.79 bits per heavy atom. The van der Waals surface area contributed by atoms with Crippen molar-refractivity contribution in [2.75, 3.05) is 17.7 Å². The fourth-order valence-electron chi connectivity index (χ4n) is 1.48. The van der Waals surface area contributed by atoms with Crippen molar-refractivity contribution in [2.24, 2.45) is 0 Å². The summed E-state index contributed by atoms with van der Waals surface area (Å²) in [4.78, 5) is 16.2. The number of aromatic nitrogens is 1. The van der Waals surface area contributed by atoms with Gasteiger partial charge in [0.2, 0.25) is 0 Å². The van der Waals surface area contributed by atoms with Gasteiger partial charge < -0.3 is 10.6 Å². The molecule has 0 unspecified atom stereocenters. The van der Waals surface area contributed by atoms with Crippen LogP contribution in [0.5, 0.6) is 0 Å². The lowest BCUT2D eigenvalue weighted by Gasteiger charge is -2.08. The highest BCUT2D eigenvalue weighted by atomic mass is 79.9. The fourth-order valence-corrected chi connectivity index (χ4v) is 2.26. The summed E-state index contributed by atoms with van der Waals surface area (Å²) in [6, 6.07) is 10.4. The number of anilines is 2. The molecule has 0 aliphatic heterocycles. The van der Waals surface area contributed by atoms with Crippen LogP contribution in [0.15, 0.2) is 40.9 Å². The molecule has 1 aromatic heterocycles. The van der Waals surface area contributed by atoms with Crippen LogP contribution in [-0.2, 0) is 0 Å². The normalized spacial score (nSPS) is 10.1. The van der Waals surface area contributed by atoms with E-state index in [9.17, 15) is 4.79 Å². The van der Waals surface area contributed by atoms with Crippen LogP contribution >= 0.6 is 27.5 Å². The Kier molecular flexibility index (Phi) is 4.39. The summed E-state index contributed by atoms with van der Waals surface area (Å²) in [5.74, 6) is 0.364. The lowest BCUT2D eigenvalue weighted by molar-refractivity contribution is 0.102. The molecule has 0 aliphatic carbocycles. The third-order valence-corrected chi connectivity index (χ3v) is 3.31. The van der Waals surface area contributed by atoms with Crippen LogP contribution < -0.4 is 10.6 Å². The van der Waals surface area contributed by atoms with E-state index in [0.29, 0.717) is 22.2 Å². The minimum Gasteiger partial charge on any atom is -0.373 e. The van der Waals surface area contributed by atoms with Crippen LogP contribution in [-0.4, -0.2) is 17.9 Å². The van der Waals surface area contributed by atoms with Gasteiger partial charge in [0.1, 0.15) is 11.5 Å². The predicted molar refractivity (Wildman–Crippen MR) is 80.9 cm³/mol. The average Bonchev–Trinajstić information content (AvgIpc) is 2.42. The van der Waals surface area contributed by atoms with Gasteiger partial charge in [-0.3, -0.25) is 4.79 Å². The Labute approximate surface area is 124 Å². The summed E-state index contributed by atoms with van der Waals surface area (Å²) in [5, 5.41) is 6.25. The molecule has 0 fully saturated rings. The topological polar surface area (TPSA) is 54.0 Å². The highest BCUT2D eigenvalue weighted by Gasteiger charge is 2.10. The first-order chi connectivity index (χ1) is 9.10. The summed E-state index contributed by atoms with van der Waals surface area (Å²) < 4.78 is 0.720. The molecule has 6 heteroatoms. The number of benzene rings is 1. The Hall–Kier alpha value is -1.59. The average molecular weight is 341 g/mol. The van der Waals surface area contributed by atoms with E-state index in [4.69, 9.17) is 11.6 Å². The number of nitrogens with one attached hydrogen (secondary N) is 2. The van der Waals surface area contributed by atoms with Crippen molar-refractivity contribution in [3.63, 3.8) is 0 Å². The minimum absolute atomic E-state index is 0.278. The van der Waals surface area contributed by atoms with E-state index in [1.807, 2.05) is 0 Å². The number of carbonyl (C=O) groups is 1. The van der Waals surface area contributed by atoms with E-state index in [0.717, 1.165) is 4.47 Å². The molecule has 0 bridgehead atoms. The van der Waals surface area contributed by atoms with Crippen molar-refractivity contribution in [3.8, 4) is 0 Å². The molecule has 1 aromatic carbocycles. The molecule has 1 amide bonds. The van der Waals surface area contributed by atoms with Gasteiger partial charge in [0, 0.05) is 16.5 Å². The van der Waals surface area contributed by atoms with Gasteiger partial charge >= 0.3 is 0 Å². The molecule has 0 radical (unpaired) electrons. The van der Waals surface area contributed by atoms with Gasteiger partial charge in [-0.2, -0.15) is 0 Å². The molecule has 2 N–H and O–H groups in total. The molecule has 1 heterocycles. The summed E-state index contributed by atoms with van der Waals surface area (Å²) in [5.41, 5.74) is 0.986. The number of amides is 1. The zero-order valence-electron chi connectivity index (χ0n) is 10.1. The molecule has 0 saturated heterocycles. The first-order valence-electron chi connectivity index (χ1n) is 5.51. The van der Waals surface area contributed by atoms with E-state index < -0.39 is 0 Å². The van der Waals surface area contributed by atoms with Gasteiger partial charge in [0.15, 0.2) is 0 Å². The molecule has 0 aliphatic rings. The van der Waals surface area contributed by atoms with E-state index in [2.05, 4.69) is 31.5 Å². The summed E-state index contributed by atoms with van der Waals surface area (Å²) in [6.07, 6.45) is 0. The Morgan fingerprint density at radius 2 is 2.11 bits per heavy atom. The number of hydrogen-bond acceptors (Lipinski definition) is 3. The van der Waals surface area contributed by atoms with Gasteiger partial charge in [0.25, 0.3) is 5.91 Å². The number of nitrogens with zero attached hydrogens (tertiary/aromatic N) is 1. The maximum absolute atomic E-state index is 12.1. The van der Waals surface area contributed by atoms with Gasteiger partial charge in [0.05, 0.1) is 5.69 Å². The van der Waals surface area contributed by atoms with Gasteiger partial charge in [-0.15, -0.1) is 0 Å². The lowest BCUT2D eigenvalue weighted by Crippen LogP contribution is -2.14. The second-order valence-electron chi connectivity index (χ2n) is 3.74. The van der Waals surface area contributed by atoms with Crippen molar-refractivity contribution in [2.45, 2.75) is 0 Å². The Morgan fingerprint density at radius 1 is 1.32 bits per heavy atom. The first kappa shape index (κ1) is 13.8. The number of halogens is 2. The third kappa shape index (κ3) is 3.45. The molecule has 0 atom stereocenters. The maximum atomic E-state index is 12.1. The predicted octanol–water partition coefficient (Wildman–Crippen LogP) is 3.79. The lowest BCUT2D eigenvalue weighted by atomic mass is 10.3. The van der Waals surface area contributed by atoms with Crippen LogP contribution in [0.25, 0.3) is 0 Å². The third-order valence-electron chi connectivity index (χ3n) is 2.42. The molecule has 4 nitrogen and oxygen atoms in total. The van der Waals surface area contributed by atoms with Crippen LogP contribution in [0.4, 0.5) is 11.5 Å². The SMILES string of the molecule is CNc1cccc(C(=O)Nc2ccc(Cl)cc2Br)n1.